The minimum atomic E-state index is -0.217. The van der Waals surface area contributed by atoms with Crippen LogP contribution in [0.1, 0.15) is 25.7 Å². The maximum absolute atomic E-state index is 13.3. The molecule has 1 aromatic rings. The summed E-state index contributed by atoms with van der Waals surface area (Å²) < 4.78 is 13.3. The Hall–Kier alpha value is -1.25. The first-order valence-corrected chi connectivity index (χ1v) is 5.07. The summed E-state index contributed by atoms with van der Waals surface area (Å²) in [5.74, 6) is -0.217. The van der Waals surface area contributed by atoms with Crippen LogP contribution in [0.15, 0.2) is 18.2 Å². The van der Waals surface area contributed by atoms with E-state index < -0.39 is 0 Å². The zero-order chi connectivity index (χ0) is 9.97. The Labute approximate surface area is 83.3 Å². The first-order valence-electron chi connectivity index (χ1n) is 5.07. The molecule has 14 heavy (non-hydrogen) atoms. The number of hydrogen-bond acceptors (Lipinski definition) is 2. The van der Waals surface area contributed by atoms with Crippen LogP contribution >= 0.6 is 0 Å². The van der Waals surface area contributed by atoms with Gasteiger partial charge in [-0.05, 0) is 31.0 Å². The van der Waals surface area contributed by atoms with Crippen LogP contribution in [0.5, 0.6) is 0 Å². The normalized spacial score (nSPS) is 17.2. The Balaban J connectivity index is 2.10. The Kier molecular flexibility index (Phi) is 2.57. The smallest absolute Gasteiger partial charge is 0.146 e. The standard InChI is InChI=1S/C11H15FN2/c12-10-6-5-8(13)7-11(10)14-9-3-1-2-4-9/h5-7,9,14H,1-4,13H2. The first-order chi connectivity index (χ1) is 6.75. The highest BCUT2D eigenvalue weighted by molar-refractivity contribution is 5.55. The summed E-state index contributed by atoms with van der Waals surface area (Å²) in [6.07, 6.45) is 4.74. The molecule has 0 aromatic heterocycles. The molecular weight excluding hydrogens is 179 g/mol. The van der Waals surface area contributed by atoms with Gasteiger partial charge in [-0.3, -0.25) is 0 Å². The molecular formula is C11H15FN2. The van der Waals surface area contributed by atoms with Crippen LogP contribution in [0.2, 0.25) is 0 Å². The van der Waals surface area contributed by atoms with Crippen molar-refractivity contribution in [2.75, 3.05) is 11.1 Å². The average Bonchev–Trinajstić information content (AvgIpc) is 2.64. The van der Waals surface area contributed by atoms with Gasteiger partial charge in [-0.1, -0.05) is 12.8 Å². The Morgan fingerprint density at radius 2 is 2.00 bits per heavy atom. The van der Waals surface area contributed by atoms with Gasteiger partial charge >= 0.3 is 0 Å². The molecule has 3 N–H and O–H groups in total. The molecule has 1 aromatic carbocycles. The zero-order valence-corrected chi connectivity index (χ0v) is 8.09. The van der Waals surface area contributed by atoms with Crippen LogP contribution in [0.4, 0.5) is 15.8 Å². The zero-order valence-electron chi connectivity index (χ0n) is 8.09. The van der Waals surface area contributed by atoms with E-state index >= 15 is 0 Å². The molecule has 1 aliphatic rings. The lowest BCUT2D eigenvalue weighted by atomic mass is 10.2. The van der Waals surface area contributed by atoms with E-state index in [-0.39, 0.29) is 5.82 Å². The van der Waals surface area contributed by atoms with Crippen molar-refractivity contribution >= 4 is 11.4 Å². The fourth-order valence-electron chi connectivity index (χ4n) is 1.94. The molecule has 0 saturated heterocycles. The summed E-state index contributed by atoms with van der Waals surface area (Å²) in [5, 5.41) is 3.19. The third-order valence-electron chi connectivity index (χ3n) is 2.71. The van der Waals surface area contributed by atoms with Gasteiger partial charge in [0, 0.05) is 11.7 Å². The van der Waals surface area contributed by atoms with E-state index in [1.165, 1.54) is 18.9 Å². The van der Waals surface area contributed by atoms with Crippen molar-refractivity contribution in [3.63, 3.8) is 0 Å². The summed E-state index contributed by atoms with van der Waals surface area (Å²) in [5.41, 5.74) is 6.74. The van der Waals surface area contributed by atoms with E-state index in [0.29, 0.717) is 17.4 Å². The Morgan fingerprint density at radius 3 is 2.71 bits per heavy atom. The van der Waals surface area contributed by atoms with Crippen molar-refractivity contribution in [2.24, 2.45) is 0 Å². The topological polar surface area (TPSA) is 38.0 Å². The highest BCUT2D eigenvalue weighted by Gasteiger charge is 2.15. The average molecular weight is 194 g/mol. The molecule has 2 rings (SSSR count). The molecule has 0 aliphatic heterocycles. The summed E-state index contributed by atoms with van der Waals surface area (Å²) >= 11 is 0. The second-order valence-electron chi connectivity index (χ2n) is 3.87. The van der Waals surface area contributed by atoms with Crippen molar-refractivity contribution in [3.8, 4) is 0 Å². The molecule has 0 bridgehead atoms. The van der Waals surface area contributed by atoms with Crippen LogP contribution in [-0.2, 0) is 0 Å². The van der Waals surface area contributed by atoms with E-state index in [1.807, 2.05) is 0 Å². The minimum absolute atomic E-state index is 0.217. The predicted octanol–water partition coefficient (Wildman–Crippen LogP) is 2.76. The van der Waals surface area contributed by atoms with Gasteiger partial charge in [0.05, 0.1) is 5.69 Å². The molecule has 0 heterocycles. The van der Waals surface area contributed by atoms with Crippen LogP contribution in [0, 0.1) is 5.82 Å². The second kappa shape index (κ2) is 3.86. The summed E-state index contributed by atoms with van der Waals surface area (Å²) in [6.45, 7) is 0. The van der Waals surface area contributed by atoms with Gasteiger partial charge < -0.3 is 11.1 Å². The molecule has 0 atom stereocenters. The number of nitrogens with one attached hydrogen (secondary N) is 1. The fraction of sp³-hybridized carbons (Fsp3) is 0.455. The number of nitrogen functional groups attached to an aromatic ring is 1. The van der Waals surface area contributed by atoms with E-state index in [4.69, 9.17) is 5.73 Å². The number of hydrogen-bond donors (Lipinski definition) is 2. The number of nitrogens with two attached hydrogens (primary N) is 1. The van der Waals surface area contributed by atoms with Gasteiger partial charge in [-0.25, -0.2) is 4.39 Å². The number of benzene rings is 1. The summed E-state index contributed by atoms with van der Waals surface area (Å²) in [7, 11) is 0. The molecule has 3 heteroatoms. The largest absolute Gasteiger partial charge is 0.399 e. The van der Waals surface area contributed by atoms with Crippen molar-refractivity contribution in [3.05, 3.63) is 24.0 Å². The lowest BCUT2D eigenvalue weighted by molar-refractivity contribution is 0.624. The number of halogens is 1. The maximum atomic E-state index is 13.3. The van der Waals surface area contributed by atoms with Gasteiger partial charge in [-0.2, -0.15) is 0 Å². The quantitative estimate of drug-likeness (QED) is 0.710. The van der Waals surface area contributed by atoms with Crippen molar-refractivity contribution in [2.45, 2.75) is 31.7 Å². The predicted molar refractivity (Wildman–Crippen MR) is 56.7 cm³/mol. The van der Waals surface area contributed by atoms with Crippen molar-refractivity contribution in [1.29, 1.82) is 0 Å². The SMILES string of the molecule is Nc1ccc(F)c(NC2CCCC2)c1. The minimum Gasteiger partial charge on any atom is -0.399 e. The molecule has 1 aliphatic carbocycles. The number of rotatable bonds is 2. The lowest BCUT2D eigenvalue weighted by Gasteiger charge is -2.14. The molecule has 0 radical (unpaired) electrons. The van der Waals surface area contributed by atoms with Gasteiger partial charge in [0.2, 0.25) is 0 Å². The molecule has 1 saturated carbocycles. The summed E-state index contributed by atoms with van der Waals surface area (Å²) in [6, 6.07) is 5.07. The van der Waals surface area contributed by atoms with Crippen molar-refractivity contribution in [1.82, 2.24) is 0 Å². The third kappa shape index (κ3) is 1.97. The van der Waals surface area contributed by atoms with E-state index in [1.54, 1.807) is 12.1 Å². The van der Waals surface area contributed by atoms with Crippen molar-refractivity contribution < 1.29 is 4.39 Å². The van der Waals surface area contributed by atoms with Crippen LogP contribution in [0.3, 0.4) is 0 Å². The van der Waals surface area contributed by atoms with Gasteiger partial charge in [-0.15, -0.1) is 0 Å². The van der Waals surface area contributed by atoms with Gasteiger partial charge in [0.15, 0.2) is 0 Å². The Morgan fingerprint density at radius 1 is 1.29 bits per heavy atom. The van der Waals surface area contributed by atoms with E-state index in [0.717, 1.165) is 12.8 Å². The molecule has 0 unspecified atom stereocenters. The first kappa shape index (κ1) is 9.31. The number of anilines is 2. The van der Waals surface area contributed by atoms with Crippen LogP contribution in [0.25, 0.3) is 0 Å². The van der Waals surface area contributed by atoms with Gasteiger partial charge in [0.1, 0.15) is 5.82 Å². The van der Waals surface area contributed by atoms with Crippen LogP contribution < -0.4 is 11.1 Å². The Bertz CT molecular complexity index is 319. The molecule has 1 fully saturated rings. The summed E-state index contributed by atoms with van der Waals surface area (Å²) in [4.78, 5) is 0. The molecule has 76 valence electrons. The van der Waals surface area contributed by atoms with Crippen LogP contribution in [-0.4, -0.2) is 6.04 Å². The maximum Gasteiger partial charge on any atom is 0.146 e. The highest BCUT2D eigenvalue weighted by Crippen LogP contribution is 2.24. The fourth-order valence-corrected chi connectivity index (χ4v) is 1.94. The molecule has 2 nitrogen and oxygen atoms in total. The highest BCUT2D eigenvalue weighted by atomic mass is 19.1. The molecule has 0 amide bonds. The third-order valence-corrected chi connectivity index (χ3v) is 2.71. The second-order valence-corrected chi connectivity index (χ2v) is 3.87. The monoisotopic (exact) mass is 194 g/mol. The van der Waals surface area contributed by atoms with E-state index in [9.17, 15) is 4.39 Å². The van der Waals surface area contributed by atoms with E-state index in [2.05, 4.69) is 5.32 Å². The van der Waals surface area contributed by atoms with Gasteiger partial charge in [0.25, 0.3) is 0 Å². The lowest BCUT2D eigenvalue weighted by Crippen LogP contribution is -2.15. The molecule has 0 spiro atoms.